The van der Waals surface area contributed by atoms with Gasteiger partial charge in [-0.05, 0) is 67.3 Å². The van der Waals surface area contributed by atoms with Crippen molar-refractivity contribution in [2.24, 2.45) is 0 Å². The third kappa shape index (κ3) is 4.57. The molecular weight excluding hydrogens is 424 g/mol. The lowest BCUT2D eigenvalue weighted by atomic mass is 10.0. The molecule has 0 fully saturated rings. The second-order valence-corrected chi connectivity index (χ2v) is 9.37. The first kappa shape index (κ1) is 21.5. The molecule has 3 nitrogen and oxygen atoms in total. The van der Waals surface area contributed by atoms with Crippen LogP contribution in [0, 0.1) is 6.92 Å². The summed E-state index contributed by atoms with van der Waals surface area (Å²) in [5.41, 5.74) is 7.28. The molecule has 4 heteroatoms. The molecule has 0 aromatic heterocycles. The van der Waals surface area contributed by atoms with Crippen LogP contribution in [0.25, 0.3) is 0 Å². The minimum Gasteiger partial charge on any atom is -0.453 e. The van der Waals surface area contributed by atoms with Gasteiger partial charge in [-0.2, -0.15) is 0 Å². The molecule has 0 saturated heterocycles. The van der Waals surface area contributed by atoms with Crippen LogP contribution in [0.15, 0.2) is 94.7 Å². The minimum atomic E-state index is 0.901. The van der Waals surface area contributed by atoms with Crippen LogP contribution in [-0.4, -0.2) is 0 Å². The van der Waals surface area contributed by atoms with Gasteiger partial charge in [0.05, 0.1) is 22.7 Å². The number of aryl methyl sites for hydroxylation is 2. The Kier molecular flexibility index (Phi) is 6.27. The summed E-state index contributed by atoms with van der Waals surface area (Å²) in [6, 6.07) is 29.2. The Bertz CT molecular complexity index is 1280. The van der Waals surface area contributed by atoms with Crippen LogP contribution in [0.5, 0.6) is 11.5 Å². The molecule has 33 heavy (non-hydrogen) atoms. The third-order valence-electron chi connectivity index (χ3n) is 5.88. The number of benzene rings is 4. The lowest BCUT2D eigenvalue weighted by molar-refractivity contribution is 0.480. The van der Waals surface area contributed by atoms with Gasteiger partial charge in [0.2, 0.25) is 0 Å². The number of nitrogens with one attached hydrogen (secondary N) is 2. The summed E-state index contributed by atoms with van der Waals surface area (Å²) in [5, 5.41) is 6.98. The number of hydrogen-bond acceptors (Lipinski definition) is 4. The van der Waals surface area contributed by atoms with Crippen molar-refractivity contribution in [3.8, 4) is 11.5 Å². The van der Waals surface area contributed by atoms with Gasteiger partial charge in [-0.3, -0.25) is 0 Å². The van der Waals surface area contributed by atoms with Crippen LogP contribution in [0.2, 0.25) is 0 Å². The van der Waals surface area contributed by atoms with E-state index in [2.05, 4.69) is 85.1 Å². The van der Waals surface area contributed by atoms with Crippen LogP contribution >= 0.6 is 11.8 Å². The van der Waals surface area contributed by atoms with Crippen molar-refractivity contribution in [2.45, 2.75) is 42.9 Å². The lowest BCUT2D eigenvalue weighted by Crippen LogP contribution is -2.05. The Morgan fingerprint density at radius 3 is 2.27 bits per heavy atom. The van der Waals surface area contributed by atoms with Crippen molar-refractivity contribution in [1.82, 2.24) is 0 Å². The Labute approximate surface area is 200 Å². The molecule has 2 aliphatic rings. The number of unbranched alkanes of at least 4 members (excludes halogenated alkanes) is 1. The molecule has 0 atom stereocenters. The van der Waals surface area contributed by atoms with E-state index in [9.17, 15) is 0 Å². The van der Waals surface area contributed by atoms with Gasteiger partial charge in [-0.25, -0.2) is 0 Å². The summed E-state index contributed by atoms with van der Waals surface area (Å²) in [6.45, 7) is 4.36. The van der Waals surface area contributed by atoms with E-state index in [1.54, 1.807) is 0 Å². The molecule has 2 aliphatic heterocycles. The maximum Gasteiger partial charge on any atom is 0.151 e. The summed E-state index contributed by atoms with van der Waals surface area (Å²) < 4.78 is 5.94. The fraction of sp³-hybridized carbons (Fsp3) is 0.172. The Morgan fingerprint density at radius 1 is 0.697 bits per heavy atom. The van der Waals surface area contributed by atoms with E-state index >= 15 is 0 Å². The first-order chi connectivity index (χ1) is 16.2. The molecule has 0 aliphatic carbocycles. The summed E-state index contributed by atoms with van der Waals surface area (Å²) in [4.78, 5) is 2.62. The van der Waals surface area contributed by atoms with Crippen molar-refractivity contribution in [3.05, 3.63) is 96.1 Å². The highest BCUT2D eigenvalue weighted by Crippen LogP contribution is 2.45. The van der Waals surface area contributed by atoms with Crippen LogP contribution in [-0.2, 0) is 6.42 Å². The van der Waals surface area contributed by atoms with Crippen molar-refractivity contribution in [3.63, 3.8) is 0 Å². The summed E-state index contributed by atoms with van der Waals surface area (Å²) in [7, 11) is 0. The number of anilines is 4. The van der Waals surface area contributed by atoms with Crippen LogP contribution in [0.1, 0.15) is 30.9 Å². The maximum atomic E-state index is 5.94. The van der Waals surface area contributed by atoms with Crippen LogP contribution < -0.4 is 15.4 Å². The van der Waals surface area contributed by atoms with E-state index in [0.29, 0.717) is 0 Å². The fourth-order valence-electron chi connectivity index (χ4n) is 4.09. The van der Waals surface area contributed by atoms with E-state index in [0.717, 1.165) is 29.3 Å². The zero-order valence-corrected chi connectivity index (χ0v) is 19.8. The minimum absolute atomic E-state index is 0.901. The summed E-state index contributed by atoms with van der Waals surface area (Å²) in [5.74, 6) is 1.83. The van der Waals surface area contributed by atoms with E-state index in [1.165, 1.54) is 45.1 Å². The number of para-hydroxylation sites is 5. The number of rotatable bonds is 3. The van der Waals surface area contributed by atoms with Crippen molar-refractivity contribution >= 4 is 34.5 Å². The topological polar surface area (TPSA) is 33.3 Å². The number of hydrogen-bond donors (Lipinski definition) is 2. The van der Waals surface area contributed by atoms with Crippen molar-refractivity contribution in [1.29, 1.82) is 0 Å². The SMILES string of the molecule is CCCCc1cccc2c1Nc1ccccc1O2.Cc1cccc2c1Nc1ccccc1S2. The summed E-state index contributed by atoms with van der Waals surface area (Å²) >= 11 is 1.83. The molecule has 0 amide bonds. The van der Waals surface area contributed by atoms with Gasteiger partial charge in [0.1, 0.15) is 0 Å². The Morgan fingerprint density at radius 2 is 1.39 bits per heavy atom. The van der Waals surface area contributed by atoms with Crippen LogP contribution in [0.3, 0.4) is 0 Å². The Balaban J connectivity index is 0.000000140. The Hall–Kier alpha value is -3.37. The second kappa shape index (κ2) is 9.63. The fourth-order valence-corrected chi connectivity index (χ4v) is 5.16. The van der Waals surface area contributed by atoms with E-state index < -0.39 is 0 Å². The highest BCUT2D eigenvalue weighted by Gasteiger charge is 2.18. The molecule has 0 saturated carbocycles. The molecule has 2 heterocycles. The van der Waals surface area contributed by atoms with Gasteiger partial charge in [0.25, 0.3) is 0 Å². The van der Waals surface area contributed by atoms with E-state index in [-0.39, 0.29) is 0 Å². The highest BCUT2D eigenvalue weighted by atomic mass is 32.2. The quantitative estimate of drug-likeness (QED) is 0.280. The van der Waals surface area contributed by atoms with Crippen molar-refractivity contribution in [2.75, 3.05) is 10.6 Å². The average Bonchev–Trinajstić information content (AvgIpc) is 2.86. The molecule has 0 radical (unpaired) electrons. The van der Waals surface area contributed by atoms with Gasteiger partial charge in [-0.1, -0.05) is 73.6 Å². The first-order valence-electron chi connectivity index (χ1n) is 11.5. The monoisotopic (exact) mass is 452 g/mol. The lowest BCUT2D eigenvalue weighted by Gasteiger charge is -2.23. The molecule has 0 unspecified atom stereocenters. The van der Waals surface area contributed by atoms with Gasteiger partial charge >= 0.3 is 0 Å². The molecule has 0 spiro atoms. The molecule has 0 bridgehead atoms. The van der Waals surface area contributed by atoms with Gasteiger partial charge in [-0.15, -0.1) is 0 Å². The largest absolute Gasteiger partial charge is 0.453 e. The average molecular weight is 453 g/mol. The molecular formula is C29H28N2OS. The standard InChI is InChI=1S/C16H17NO.C13H11NS/c1-2-3-7-12-8-6-11-15-16(12)17-13-9-4-5-10-14(13)18-15;1-9-5-4-8-12-13(9)14-10-6-2-3-7-11(10)15-12/h4-6,8-11,17H,2-3,7H2,1H3;2-8,14H,1H3. The third-order valence-corrected chi connectivity index (χ3v) is 7.02. The predicted molar refractivity (Wildman–Crippen MR) is 140 cm³/mol. The van der Waals surface area contributed by atoms with Crippen LogP contribution in [0.4, 0.5) is 22.7 Å². The second-order valence-electron chi connectivity index (χ2n) is 8.29. The molecule has 166 valence electrons. The zero-order valence-electron chi connectivity index (χ0n) is 19.0. The normalized spacial score (nSPS) is 12.3. The smallest absolute Gasteiger partial charge is 0.151 e. The molecule has 6 rings (SSSR count). The first-order valence-corrected chi connectivity index (χ1v) is 12.3. The van der Waals surface area contributed by atoms with Gasteiger partial charge < -0.3 is 15.4 Å². The van der Waals surface area contributed by atoms with Gasteiger partial charge in [0.15, 0.2) is 11.5 Å². The highest BCUT2D eigenvalue weighted by molar-refractivity contribution is 7.99. The molecule has 4 aromatic carbocycles. The van der Waals surface area contributed by atoms with Crippen molar-refractivity contribution < 1.29 is 4.74 Å². The number of ether oxygens (including phenoxy) is 1. The predicted octanol–water partition coefficient (Wildman–Crippen LogP) is 9.08. The van der Waals surface area contributed by atoms with E-state index in [1.807, 2.05) is 36.0 Å². The summed E-state index contributed by atoms with van der Waals surface area (Å²) in [6.07, 6.45) is 3.51. The maximum absolute atomic E-state index is 5.94. The molecule has 4 aromatic rings. The number of fused-ring (bicyclic) bond motifs is 4. The zero-order chi connectivity index (χ0) is 22.6. The van der Waals surface area contributed by atoms with Gasteiger partial charge in [0, 0.05) is 9.79 Å². The molecule has 2 N–H and O–H groups in total. The van der Waals surface area contributed by atoms with E-state index in [4.69, 9.17) is 4.74 Å².